The molecule has 344 valence electrons. The van der Waals surface area contributed by atoms with Crippen LogP contribution in [0.2, 0.25) is 0 Å². The third-order valence-electron chi connectivity index (χ3n) is 12.4. The number of aromatic nitrogens is 3. The minimum Gasteiger partial charge on any atom is -0.395 e. The van der Waals surface area contributed by atoms with Gasteiger partial charge in [0.25, 0.3) is 5.91 Å². The molecule has 2 aromatic heterocycles. The molecule has 0 radical (unpaired) electrons. The second kappa shape index (κ2) is 24.8. The lowest BCUT2D eigenvalue weighted by molar-refractivity contribution is -0.135. The van der Waals surface area contributed by atoms with E-state index in [1.807, 2.05) is 54.8 Å². The monoisotopic (exact) mass is 873 g/mol. The molecule has 6 rings (SSSR count). The van der Waals surface area contributed by atoms with E-state index in [0.717, 1.165) is 103 Å². The molecule has 0 unspecified atom stereocenters. The summed E-state index contributed by atoms with van der Waals surface area (Å²) < 4.78 is 2.03. The summed E-state index contributed by atoms with van der Waals surface area (Å²) in [6.45, 7) is 11.0. The summed E-state index contributed by atoms with van der Waals surface area (Å²) in [4.78, 5) is 35.9. The molecule has 1 saturated heterocycles. The summed E-state index contributed by atoms with van der Waals surface area (Å²) in [5.74, 6) is 0.416. The lowest BCUT2D eigenvalue weighted by atomic mass is 9.99. The summed E-state index contributed by atoms with van der Waals surface area (Å²) in [5.41, 5.74) is 14.5. The van der Waals surface area contributed by atoms with Crippen molar-refractivity contribution in [1.82, 2.24) is 30.1 Å². The molecular formula is C52H72N8O4. The molecule has 0 saturated carbocycles. The van der Waals surface area contributed by atoms with Crippen LogP contribution in [-0.4, -0.2) is 106 Å². The number of nitrogens with zero attached hydrogens (tertiary/aromatic N) is 5. The summed E-state index contributed by atoms with van der Waals surface area (Å²) in [7, 11) is 0. The Hall–Kier alpha value is -5.14. The molecule has 1 aliphatic heterocycles. The van der Waals surface area contributed by atoms with Crippen molar-refractivity contribution < 1.29 is 19.8 Å². The van der Waals surface area contributed by atoms with Crippen molar-refractivity contribution >= 4 is 23.3 Å². The highest BCUT2D eigenvalue weighted by Gasteiger charge is 2.29. The third-order valence-corrected chi connectivity index (χ3v) is 12.4. The molecule has 3 aromatic carbocycles. The van der Waals surface area contributed by atoms with E-state index >= 15 is 0 Å². The number of carbonyl (C=O) groups is 2. The van der Waals surface area contributed by atoms with Crippen LogP contribution in [0.5, 0.6) is 0 Å². The summed E-state index contributed by atoms with van der Waals surface area (Å²) in [5, 5.41) is 30.9. The Balaban J connectivity index is 0.911. The SMILES string of the molecule is Cc1nn2c(N3CCN(CCO)CC3)cc(-c3cccc(CCCCCCCCCCCNC(=O)[C@H](CC(C)C)NC(=O)[C@@H](O)[C@H](N)Cc4ccccc4)c3)nc2c1-c1ccccc1. The average Bonchev–Trinajstić information content (AvgIpc) is 3.64. The second-order valence-electron chi connectivity index (χ2n) is 18.0. The number of hydrogen-bond donors (Lipinski definition) is 5. The summed E-state index contributed by atoms with van der Waals surface area (Å²) in [6, 6.07) is 29.6. The Morgan fingerprint density at radius 3 is 2.06 bits per heavy atom. The van der Waals surface area contributed by atoms with Crippen LogP contribution in [0.1, 0.15) is 94.9 Å². The van der Waals surface area contributed by atoms with Crippen molar-refractivity contribution in [2.75, 3.05) is 50.8 Å². The van der Waals surface area contributed by atoms with E-state index in [0.29, 0.717) is 25.9 Å². The number of aryl methyl sites for hydroxylation is 2. The Morgan fingerprint density at radius 1 is 0.766 bits per heavy atom. The molecule has 0 bridgehead atoms. The fraction of sp³-hybridized carbons (Fsp3) is 0.500. The van der Waals surface area contributed by atoms with E-state index in [1.54, 1.807) is 0 Å². The van der Waals surface area contributed by atoms with E-state index < -0.39 is 24.1 Å². The van der Waals surface area contributed by atoms with Gasteiger partial charge >= 0.3 is 0 Å². The number of benzene rings is 3. The molecule has 12 heteroatoms. The Labute approximate surface area is 380 Å². The number of carbonyl (C=O) groups excluding carboxylic acids is 2. The Morgan fingerprint density at radius 2 is 1.39 bits per heavy atom. The topological polar surface area (TPSA) is 161 Å². The van der Waals surface area contributed by atoms with Crippen LogP contribution < -0.4 is 21.3 Å². The molecule has 12 nitrogen and oxygen atoms in total. The smallest absolute Gasteiger partial charge is 0.251 e. The van der Waals surface area contributed by atoms with Crippen LogP contribution in [0.15, 0.2) is 91.0 Å². The molecular weight excluding hydrogens is 801 g/mol. The normalized spacial score (nSPS) is 14.8. The number of aliphatic hydroxyl groups is 2. The first-order valence-electron chi connectivity index (χ1n) is 23.8. The Bertz CT molecular complexity index is 2190. The summed E-state index contributed by atoms with van der Waals surface area (Å²) in [6.07, 6.45) is 10.7. The number of β-amino-alcohol motifs (C(OH)–C–C–N with tert-alkyl or cyclic N) is 1. The van der Waals surface area contributed by atoms with Crippen LogP contribution >= 0.6 is 0 Å². The number of amides is 2. The van der Waals surface area contributed by atoms with Crippen LogP contribution in [0.3, 0.4) is 0 Å². The van der Waals surface area contributed by atoms with Gasteiger partial charge in [0.1, 0.15) is 18.0 Å². The van der Waals surface area contributed by atoms with Crippen LogP contribution in [0, 0.1) is 12.8 Å². The number of fused-ring (bicyclic) bond motifs is 1. The molecule has 5 aromatic rings. The van der Waals surface area contributed by atoms with Gasteiger partial charge in [-0.2, -0.15) is 9.61 Å². The standard InChI is InChI=1S/C52H72N8O4/c1-38(2)34-46(56-52(64)49(62)44(53)36-41-21-14-11-15-22-41)51(63)54-27-18-10-8-6-4-5-7-9-13-20-40-23-19-26-43(35-40)45-37-47(59-30-28-58(29-31-59)32-33-61)60-50(55-45)48(39(3)57-60)42-24-16-12-17-25-42/h11-12,14-17,19,21-26,35,37-38,44,46,49,61-62H,4-10,13,18,20,27-34,36,53H2,1-3H3,(H,54,63)(H,56,64)/t44-,46+,49+/m1/s1. The highest BCUT2D eigenvalue weighted by Crippen LogP contribution is 2.33. The maximum absolute atomic E-state index is 13.1. The fourth-order valence-corrected chi connectivity index (χ4v) is 8.83. The molecule has 6 N–H and O–H groups in total. The predicted octanol–water partition coefficient (Wildman–Crippen LogP) is 7.12. The van der Waals surface area contributed by atoms with Crippen LogP contribution in [-0.2, 0) is 22.4 Å². The molecule has 3 atom stereocenters. The molecule has 64 heavy (non-hydrogen) atoms. The minimum atomic E-state index is -1.40. The van der Waals surface area contributed by atoms with Crippen molar-refractivity contribution in [2.24, 2.45) is 11.7 Å². The van der Waals surface area contributed by atoms with Gasteiger partial charge in [0.15, 0.2) is 5.65 Å². The van der Waals surface area contributed by atoms with Crippen molar-refractivity contribution in [1.29, 1.82) is 0 Å². The van der Waals surface area contributed by atoms with Gasteiger partial charge in [0, 0.05) is 62.5 Å². The fourth-order valence-electron chi connectivity index (χ4n) is 8.83. The molecule has 0 spiro atoms. The maximum atomic E-state index is 13.1. The summed E-state index contributed by atoms with van der Waals surface area (Å²) >= 11 is 0. The largest absolute Gasteiger partial charge is 0.395 e. The van der Waals surface area contributed by atoms with E-state index in [1.165, 1.54) is 37.7 Å². The number of aliphatic hydroxyl groups excluding tert-OH is 2. The van der Waals surface area contributed by atoms with Crippen molar-refractivity contribution in [2.45, 2.75) is 116 Å². The second-order valence-corrected chi connectivity index (χ2v) is 18.0. The van der Waals surface area contributed by atoms with E-state index in [9.17, 15) is 19.8 Å². The first-order valence-corrected chi connectivity index (χ1v) is 23.8. The molecule has 3 heterocycles. The molecule has 1 fully saturated rings. The zero-order chi connectivity index (χ0) is 45.3. The van der Waals surface area contributed by atoms with Gasteiger partial charge in [-0.1, -0.05) is 138 Å². The molecule has 0 aliphatic carbocycles. The number of nitrogens with two attached hydrogens (primary N) is 1. The molecule has 1 aliphatic rings. The number of unbranched alkanes of at least 4 members (excludes halogenated alkanes) is 8. The van der Waals surface area contributed by atoms with Gasteiger partial charge in [-0.3, -0.25) is 14.5 Å². The Kier molecular flexibility index (Phi) is 18.7. The van der Waals surface area contributed by atoms with Crippen molar-refractivity contribution in [3.8, 4) is 22.4 Å². The highest BCUT2D eigenvalue weighted by molar-refractivity contribution is 5.89. The van der Waals surface area contributed by atoms with Crippen molar-refractivity contribution in [3.63, 3.8) is 0 Å². The number of piperazine rings is 1. The van der Waals surface area contributed by atoms with Gasteiger partial charge < -0.3 is 31.5 Å². The van der Waals surface area contributed by atoms with Gasteiger partial charge in [-0.15, -0.1) is 0 Å². The number of nitrogens with one attached hydrogen (secondary N) is 2. The zero-order valence-electron chi connectivity index (χ0n) is 38.4. The first-order chi connectivity index (χ1) is 31.1. The maximum Gasteiger partial charge on any atom is 0.251 e. The zero-order valence-corrected chi connectivity index (χ0v) is 38.4. The van der Waals surface area contributed by atoms with Gasteiger partial charge in [-0.05, 0) is 67.7 Å². The van der Waals surface area contributed by atoms with Gasteiger partial charge in [0.05, 0.1) is 18.0 Å². The van der Waals surface area contributed by atoms with Gasteiger partial charge in [0.2, 0.25) is 5.91 Å². The lowest BCUT2D eigenvalue weighted by Crippen LogP contribution is -2.54. The van der Waals surface area contributed by atoms with E-state index in [-0.39, 0.29) is 18.4 Å². The average molecular weight is 873 g/mol. The first kappa shape index (κ1) is 48.3. The van der Waals surface area contributed by atoms with E-state index in [2.05, 4.69) is 82.0 Å². The number of anilines is 1. The van der Waals surface area contributed by atoms with Crippen LogP contribution in [0.25, 0.3) is 28.0 Å². The minimum absolute atomic E-state index is 0.179. The highest BCUT2D eigenvalue weighted by atomic mass is 16.3. The predicted molar refractivity (Wildman–Crippen MR) is 258 cm³/mol. The number of hydrogen-bond acceptors (Lipinski definition) is 9. The van der Waals surface area contributed by atoms with Crippen molar-refractivity contribution in [3.05, 3.63) is 108 Å². The van der Waals surface area contributed by atoms with Gasteiger partial charge in [-0.25, -0.2) is 4.98 Å². The quantitative estimate of drug-likeness (QED) is 0.0385. The third kappa shape index (κ3) is 13.9. The number of rotatable bonds is 25. The van der Waals surface area contributed by atoms with E-state index in [4.69, 9.17) is 15.8 Å². The lowest BCUT2D eigenvalue weighted by Gasteiger charge is -2.35. The van der Waals surface area contributed by atoms with Crippen LogP contribution in [0.4, 0.5) is 5.82 Å². The molecule has 2 amide bonds.